The zero-order valence-electron chi connectivity index (χ0n) is 13.8. The molecule has 1 amide bonds. The number of thioether (sulfide) groups is 1. The maximum Gasteiger partial charge on any atom is 0.319 e. The molecule has 0 heterocycles. The van der Waals surface area contributed by atoms with Crippen molar-refractivity contribution in [2.75, 3.05) is 6.61 Å². The van der Waals surface area contributed by atoms with Crippen LogP contribution in [0.1, 0.15) is 27.7 Å². The molecule has 5 nitrogen and oxygen atoms in total. The van der Waals surface area contributed by atoms with Gasteiger partial charge in [0.15, 0.2) is 6.61 Å². The molecule has 124 valence electrons. The van der Waals surface area contributed by atoms with Crippen molar-refractivity contribution >= 4 is 23.6 Å². The second kappa shape index (κ2) is 8.59. The molecule has 1 aromatic carbocycles. The number of hydrogen-bond donors (Lipinski definition) is 1. The third-order valence-electron chi connectivity index (χ3n) is 3.52. The van der Waals surface area contributed by atoms with E-state index >= 15 is 0 Å². The number of nitrogens with zero attached hydrogens (tertiary/aromatic N) is 1. The van der Waals surface area contributed by atoms with Crippen molar-refractivity contribution in [1.82, 2.24) is 5.32 Å². The maximum atomic E-state index is 11.9. The summed E-state index contributed by atoms with van der Waals surface area (Å²) in [6, 6.07) is 11.6. The van der Waals surface area contributed by atoms with Crippen LogP contribution in [0.2, 0.25) is 0 Å². The van der Waals surface area contributed by atoms with Crippen molar-refractivity contribution in [3.63, 3.8) is 0 Å². The number of carbonyl (C=O) groups is 2. The van der Waals surface area contributed by atoms with Crippen LogP contribution in [0, 0.1) is 17.2 Å². The zero-order chi connectivity index (χ0) is 17.5. The first-order valence-corrected chi connectivity index (χ1v) is 8.27. The molecule has 2 atom stereocenters. The Morgan fingerprint density at radius 1 is 1.30 bits per heavy atom. The Bertz CT molecular complexity index is 583. The topological polar surface area (TPSA) is 79.2 Å². The highest BCUT2D eigenvalue weighted by Gasteiger charge is 2.30. The Morgan fingerprint density at radius 3 is 2.43 bits per heavy atom. The zero-order valence-corrected chi connectivity index (χ0v) is 14.6. The Kier molecular flexibility index (Phi) is 7.11. The number of carbonyl (C=O) groups excluding carboxylic acids is 2. The van der Waals surface area contributed by atoms with Crippen LogP contribution in [-0.4, -0.2) is 29.3 Å². The molecule has 0 spiro atoms. The molecule has 0 saturated heterocycles. The van der Waals surface area contributed by atoms with Crippen LogP contribution in [0.15, 0.2) is 35.2 Å². The van der Waals surface area contributed by atoms with Gasteiger partial charge in [0.2, 0.25) is 0 Å². The predicted molar refractivity (Wildman–Crippen MR) is 89.7 cm³/mol. The number of rotatable bonds is 7. The lowest BCUT2D eigenvalue weighted by Gasteiger charge is -2.27. The quantitative estimate of drug-likeness (QED) is 0.613. The molecule has 1 N–H and O–H groups in total. The summed E-state index contributed by atoms with van der Waals surface area (Å²) < 4.78 is 5.03. The van der Waals surface area contributed by atoms with E-state index in [2.05, 4.69) is 11.4 Å². The fourth-order valence-electron chi connectivity index (χ4n) is 1.63. The van der Waals surface area contributed by atoms with Crippen molar-refractivity contribution < 1.29 is 14.3 Å². The van der Waals surface area contributed by atoms with Gasteiger partial charge in [0, 0.05) is 4.90 Å². The van der Waals surface area contributed by atoms with E-state index in [1.54, 1.807) is 13.8 Å². The third-order valence-corrected chi connectivity index (χ3v) is 4.61. The second-order valence-corrected chi connectivity index (χ2v) is 7.11. The first-order valence-electron chi connectivity index (χ1n) is 7.39. The molecular formula is C17H22N2O3S. The van der Waals surface area contributed by atoms with E-state index in [0.29, 0.717) is 0 Å². The van der Waals surface area contributed by atoms with Gasteiger partial charge in [-0.1, -0.05) is 32.0 Å². The maximum absolute atomic E-state index is 11.9. The summed E-state index contributed by atoms with van der Waals surface area (Å²) in [5.74, 6) is -0.995. The summed E-state index contributed by atoms with van der Waals surface area (Å²) in [5.41, 5.74) is -0.978. The molecule has 0 bridgehead atoms. The Balaban J connectivity index is 2.46. The van der Waals surface area contributed by atoms with Gasteiger partial charge in [0.25, 0.3) is 5.91 Å². The molecular weight excluding hydrogens is 312 g/mol. The van der Waals surface area contributed by atoms with Gasteiger partial charge in [-0.05, 0) is 31.9 Å². The van der Waals surface area contributed by atoms with E-state index in [-0.39, 0.29) is 12.5 Å². The van der Waals surface area contributed by atoms with E-state index in [1.807, 2.05) is 44.2 Å². The van der Waals surface area contributed by atoms with Crippen LogP contribution in [0.5, 0.6) is 0 Å². The standard InChI is InChI=1S/C17H22N2O3S/c1-12(2)17(4,11-18)19-15(20)10-22-16(21)13(3)23-14-8-6-5-7-9-14/h5-9,12-13H,10H2,1-4H3,(H,19,20)/t13-,17+/m0/s1. The largest absolute Gasteiger partial charge is 0.455 e. The van der Waals surface area contributed by atoms with Gasteiger partial charge in [-0.2, -0.15) is 5.26 Å². The number of benzene rings is 1. The highest BCUT2D eigenvalue weighted by Crippen LogP contribution is 2.23. The first kappa shape index (κ1) is 19.0. The normalized spacial score (nSPS) is 14.4. The third kappa shape index (κ3) is 5.95. The SMILES string of the molecule is CC(C)[C@@](C)(C#N)NC(=O)COC(=O)[C@H](C)Sc1ccccc1. The summed E-state index contributed by atoms with van der Waals surface area (Å²) in [5, 5.41) is 11.3. The summed E-state index contributed by atoms with van der Waals surface area (Å²) in [4.78, 5) is 24.8. The average Bonchev–Trinajstić information content (AvgIpc) is 2.53. The molecule has 0 fully saturated rings. The van der Waals surface area contributed by atoms with Gasteiger partial charge < -0.3 is 10.1 Å². The number of nitrogens with one attached hydrogen (secondary N) is 1. The van der Waals surface area contributed by atoms with Gasteiger partial charge in [-0.15, -0.1) is 11.8 Å². The van der Waals surface area contributed by atoms with E-state index in [9.17, 15) is 9.59 Å². The van der Waals surface area contributed by atoms with Crippen LogP contribution in [0.4, 0.5) is 0 Å². The number of hydrogen-bond acceptors (Lipinski definition) is 5. The molecule has 0 saturated carbocycles. The van der Waals surface area contributed by atoms with Crippen molar-refractivity contribution in [1.29, 1.82) is 5.26 Å². The van der Waals surface area contributed by atoms with Crippen LogP contribution < -0.4 is 5.32 Å². The number of amides is 1. The minimum Gasteiger partial charge on any atom is -0.455 e. The summed E-state index contributed by atoms with van der Waals surface area (Å²) in [6.45, 7) is 6.67. The highest BCUT2D eigenvalue weighted by atomic mass is 32.2. The minimum absolute atomic E-state index is 0.0558. The van der Waals surface area contributed by atoms with Gasteiger partial charge >= 0.3 is 5.97 Å². The lowest BCUT2D eigenvalue weighted by atomic mass is 9.90. The molecule has 1 aromatic rings. The molecule has 0 aromatic heterocycles. The fraction of sp³-hybridized carbons (Fsp3) is 0.471. The fourth-order valence-corrected chi connectivity index (χ4v) is 2.52. The number of esters is 1. The summed E-state index contributed by atoms with van der Waals surface area (Å²) >= 11 is 1.37. The number of nitriles is 1. The van der Waals surface area contributed by atoms with E-state index in [0.717, 1.165) is 4.90 Å². The monoisotopic (exact) mass is 334 g/mol. The first-order chi connectivity index (χ1) is 10.8. The van der Waals surface area contributed by atoms with Crippen molar-refractivity contribution in [2.45, 2.75) is 43.4 Å². The van der Waals surface area contributed by atoms with Gasteiger partial charge in [-0.3, -0.25) is 9.59 Å². The van der Waals surface area contributed by atoms with Crippen LogP contribution in [0.25, 0.3) is 0 Å². The molecule has 23 heavy (non-hydrogen) atoms. The minimum atomic E-state index is -0.978. The highest BCUT2D eigenvalue weighted by molar-refractivity contribution is 8.00. The van der Waals surface area contributed by atoms with Crippen molar-refractivity contribution in [3.05, 3.63) is 30.3 Å². The molecule has 0 unspecified atom stereocenters. The second-order valence-electron chi connectivity index (χ2n) is 5.70. The van der Waals surface area contributed by atoms with Gasteiger partial charge in [0.05, 0.1) is 6.07 Å². The molecule has 0 aliphatic rings. The summed E-state index contributed by atoms with van der Waals surface area (Å²) in [7, 11) is 0. The molecule has 0 aliphatic heterocycles. The predicted octanol–water partition coefficient (Wildman–Crippen LogP) is 2.76. The van der Waals surface area contributed by atoms with Crippen LogP contribution in [-0.2, 0) is 14.3 Å². The Morgan fingerprint density at radius 2 is 1.91 bits per heavy atom. The Labute approximate surface area is 141 Å². The summed E-state index contributed by atoms with van der Waals surface area (Å²) in [6.07, 6.45) is 0. The lowest BCUT2D eigenvalue weighted by Crippen LogP contribution is -2.50. The average molecular weight is 334 g/mol. The lowest BCUT2D eigenvalue weighted by molar-refractivity contribution is -0.148. The van der Waals surface area contributed by atoms with E-state index in [4.69, 9.17) is 10.00 Å². The van der Waals surface area contributed by atoms with Gasteiger partial charge in [-0.25, -0.2) is 0 Å². The molecule has 0 aliphatic carbocycles. The Hall–Kier alpha value is -2.00. The van der Waals surface area contributed by atoms with E-state index < -0.39 is 22.7 Å². The van der Waals surface area contributed by atoms with Crippen LogP contribution in [0.3, 0.4) is 0 Å². The van der Waals surface area contributed by atoms with Crippen molar-refractivity contribution in [2.24, 2.45) is 5.92 Å². The molecule has 0 radical (unpaired) electrons. The number of ether oxygens (including phenoxy) is 1. The van der Waals surface area contributed by atoms with Crippen molar-refractivity contribution in [3.8, 4) is 6.07 Å². The van der Waals surface area contributed by atoms with E-state index in [1.165, 1.54) is 11.8 Å². The van der Waals surface area contributed by atoms with Crippen LogP contribution >= 0.6 is 11.8 Å². The van der Waals surface area contributed by atoms with Gasteiger partial charge in [0.1, 0.15) is 10.8 Å². The molecule has 1 rings (SSSR count). The molecule has 6 heteroatoms. The smallest absolute Gasteiger partial charge is 0.319 e.